The SMILES string of the molecule is COc1ccnc(CSC(C)CCN)c1OC. The molecule has 0 bridgehead atoms. The Kier molecular flexibility index (Phi) is 6.15. The monoisotopic (exact) mass is 256 g/mol. The summed E-state index contributed by atoms with van der Waals surface area (Å²) in [5.41, 5.74) is 6.44. The fraction of sp³-hybridized carbons (Fsp3) is 0.583. The normalized spacial score (nSPS) is 12.2. The second-order valence-corrected chi connectivity index (χ2v) is 5.12. The van der Waals surface area contributed by atoms with E-state index in [0.717, 1.165) is 35.9 Å². The van der Waals surface area contributed by atoms with Gasteiger partial charge in [0, 0.05) is 23.3 Å². The highest BCUT2D eigenvalue weighted by atomic mass is 32.2. The average molecular weight is 256 g/mol. The lowest BCUT2D eigenvalue weighted by molar-refractivity contribution is 0.350. The first-order chi connectivity index (χ1) is 8.22. The zero-order valence-corrected chi connectivity index (χ0v) is 11.4. The Hall–Kier alpha value is -0.940. The minimum absolute atomic E-state index is 0.526. The van der Waals surface area contributed by atoms with Crippen molar-refractivity contribution in [3.63, 3.8) is 0 Å². The van der Waals surface area contributed by atoms with Gasteiger partial charge in [-0.3, -0.25) is 4.98 Å². The highest BCUT2D eigenvalue weighted by Gasteiger charge is 2.12. The van der Waals surface area contributed by atoms with Gasteiger partial charge in [0.25, 0.3) is 0 Å². The van der Waals surface area contributed by atoms with Gasteiger partial charge in [0.15, 0.2) is 11.5 Å². The van der Waals surface area contributed by atoms with Crippen LogP contribution in [0.5, 0.6) is 11.5 Å². The summed E-state index contributed by atoms with van der Waals surface area (Å²) in [6.45, 7) is 2.89. The first-order valence-electron chi connectivity index (χ1n) is 5.60. The predicted molar refractivity (Wildman–Crippen MR) is 71.8 cm³/mol. The van der Waals surface area contributed by atoms with Crippen molar-refractivity contribution >= 4 is 11.8 Å². The lowest BCUT2D eigenvalue weighted by Gasteiger charge is -2.13. The summed E-state index contributed by atoms with van der Waals surface area (Å²) in [7, 11) is 3.27. The van der Waals surface area contributed by atoms with Crippen LogP contribution in [0.25, 0.3) is 0 Å². The Morgan fingerprint density at radius 3 is 2.76 bits per heavy atom. The molecular weight excluding hydrogens is 236 g/mol. The van der Waals surface area contributed by atoms with Crippen LogP contribution in [0, 0.1) is 0 Å². The van der Waals surface area contributed by atoms with E-state index in [1.54, 1.807) is 26.5 Å². The standard InChI is InChI=1S/C12H20N2O2S/c1-9(4-6-13)17-8-10-12(16-3)11(15-2)5-7-14-10/h5,7,9H,4,6,8,13H2,1-3H3. The summed E-state index contributed by atoms with van der Waals surface area (Å²) in [5, 5.41) is 0.526. The van der Waals surface area contributed by atoms with Crippen LogP contribution in [-0.4, -0.2) is 31.0 Å². The Bertz CT molecular complexity index is 347. The zero-order valence-electron chi connectivity index (χ0n) is 10.6. The molecule has 0 spiro atoms. The van der Waals surface area contributed by atoms with E-state index in [-0.39, 0.29) is 0 Å². The fourth-order valence-corrected chi connectivity index (χ4v) is 2.44. The van der Waals surface area contributed by atoms with Crippen molar-refractivity contribution in [2.24, 2.45) is 5.73 Å². The van der Waals surface area contributed by atoms with Crippen LogP contribution in [0.3, 0.4) is 0 Å². The molecule has 0 saturated heterocycles. The number of pyridine rings is 1. The maximum absolute atomic E-state index is 5.53. The Morgan fingerprint density at radius 1 is 1.41 bits per heavy atom. The van der Waals surface area contributed by atoms with E-state index in [2.05, 4.69) is 11.9 Å². The van der Waals surface area contributed by atoms with Crippen molar-refractivity contribution in [2.45, 2.75) is 24.3 Å². The molecule has 1 unspecified atom stereocenters. The Morgan fingerprint density at radius 2 is 2.18 bits per heavy atom. The lowest BCUT2D eigenvalue weighted by Crippen LogP contribution is -2.07. The predicted octanol–water partition coefficient (Wildman–Crippen LogP) is 2.07. The molecule has 1 heterocycles. The quantitative estimate of drug-likeness (QED) is 0.809. The van der Waals surface area contributed by atoms with Gasteiger partial charge in [0.2, 0.25) is 0 Å². The van der Waals surface area contributed by atoms with E-state index in [9.17, 15) is 0 Å². The van der Waals surface area contributed by atoms with Gasteiger partial charge in [-0.15, -0.1) is 0 Å². The molecule has 1 aromatic rings. The van der Waals surface area contributed by atoms with Crippen LogP contribution < -0.4 is 15.2 Å². The molecule has 0 aliphatic heterocycles. The minimum atomic E-state index is 0.526. The minimum Gasteiger partial charge on any atom is -0.493 e. The third-order valence-electron chi connectivity index (χ3n) is 2.44. The maximum atomic E-state index is 5.53. The molecule has 1 atom stereocenters. The summed E-state index contributed by atoms with van der Waals surface area (Å²) >= 11 is 1.82. The second-order valence-electron chi connectivity index (χ2n) is 3.69. The molecule has 2 N–H and O–H groups in total. The van der Waals surface area contributed by atoms with Gasteiger partial charge in [-0.1, -0.05) is 6.92 Å². The average Bonchev–Trinajstić information content (AvgIpc) is 2.36. The van der Waals surface area contributed by atoms with Crippen LogP contribution >= 0.6 is 11.8 Å². The van der Waals surface area contributed by atoms with Crippen molar-refractivity contribution in [1.29, 1.82) is 0 Å². The molecule has 0 aliphatic carbocycles. The molecular formula is C12H20N2O2S. The highest BCUT2D eigenvalue weighted by Crippen LogP contribution is 2.32. The number of nitrogens with zero attached hydrogens (tertiary/aromatic N) is 1. The van der Waals surface area contributed by atoms with Gasteiger partial charge >= 0.3 is 0 Å². The molecule has 0 radical (unpaired) electrons. The highest BCUT2D eigenvalue weighted by molar-refractivity contribution is 7.99. The topological polar surface area (TPSA) is 57.4 Å². The molecule has 1 aromatic heterocycles. The molecule has 1 rings (SSSR count). The first-order valence-corrected chi connectivity index (χ1v) is 6.65. The molecule has 96 valence electrons. The molecule has 17 heavy (non-hydrogen) atoms. The Balaban J connectivity index is 2.70. The maximum Gasteiger partial charge on any atom is 0.183 e. The summed E-state index contributed by atoms with van der Waals surface area (Å²) in [6, 6.07) is 1.80. The summed E-state index contributed by atoms with van der Waals surface area (Å²) in [5.74, 6) is 2.26. The zero-order chi connectivity index (χ0) is 12.7. The van der Waals surface area contributed by atoms with Gasteiger partial charge < -0.3 is 15.2 Å². The van der Waals surface area contributed by atoms with Crippen molar-refractivity contribution in [3.05, 3.63) is 18.0 Å². The number of rotatable bonds is 7. The van der Waals surface area contributed by atoms with Crippen molar-refractivity contribution in [2.75, 3.05) is 20.8 Å². The molecule has 0 aromatic carbocycles. The third-order valence-corrected chi connectivity index (χ3v) is 3.69. The number of hydrogen-bond donors (Lipinski definition) is 1. The van der Waals surface area contributed by atoms with E-state index in [1.165, 1.54) is 0 Å². The van der Waals surface area contributed by atoms with Crippen LogP contribution in [0.15, 0.2) is 12.3 Å². The van der Waals surface area contributed by atoms with Gasteiger partial charge in [-0.2, -0.15) is 11.8 Å². The van der Waals surface area contributed by atoms with E-state index in [0.29, 0.717) is 5.25 Å². The number of nitrogens with two attached hydrogens (primary N) is 1. The second kappa shape index (κ2) is 7.40. The molecule has 0 fully saturated rings. The molecule has 5 heteroatoms. The molecule has 4 nitrogen and oxygen atoms in total. The summed E-state index contributed by atoms with van der Waals surface area (Å²) in [4.78, 5) is 4.33. The number of hydrogen-bond acceptors (Lipinski definition) is 5. The molecule has 0 saturated carbocycles. The number of thioether (sulfide) groups is 1. The van der Waals surface area contributed by atoms with E-state index in [1.807, 2.05) is 11.8 Å². The third kappa shape index (κ3) is 4.09. The van der Waals surface area contributed by atoms with Crippen LogP contribution in [-0.2, 0) is 5.75 Å². The van der Waals surface area contributed by atoms with Crippen molar-refractivity contribution in [3.8, 4) is 11.5 Å². The van der Waals surface area contributed by atoms with Gasteiger partial charge in [0.1, 0.15) is 0 Å². The summed E-state index contributed by atoms with van der Waals surface area (Å²) < 4.78 is 10.6. The fourth-order valence-electron chi connectivity index (χ4n) is 1.49. The van der Waals surface area contributed by atoms with E-state index in [4.69, 9.17) is 15.2 Å². The van der Waals surface area contributed by atoms with Crippen LogP contribution in [0.2, 0.25) is 0 Å². The summed E-state index contributed by atoms with van der Waals surface area (Å²) in [6.07, 6.45) is 2.75. The van der Waals surface area contributed by atoms with Gasteiger partial charge in [-0.25, -0.2) is 0 Å². The number of ether oxygens (including phenoxy) is 2. The smallest absolute Gasteiger partial charge is 0.183 e. The molecule has 0 amide bonds. The first kappa shape index (κ1) is 14.1. The Labute approximate surface area is 107 Å². The van der Waals surface area contributed by atoms with Crippen LogP contribution in [0.4, 0.5) is 0 Å². The van der Waals surface area contributed by atoms with Crippen molar-refractivity contribution in [1.82, 2.24) is 4.98 Å². The van der Waals surface area contributed by atoms with Crippen molar-refractivity contribution < 1.29 is 9.47 Å². The van der Waals surface area contributed by atoms with E-state index < -0.39 is 0 Å². The van der Waals surface area contributed by atoms with E-state index >= 15 is 0 Å². The lowest BCUT2D eigenvalue weighted by atomic mass is 10.3. The van der Waals surface area contributed by atoms with Gasteiger partial charge in [0.05, 0.1) is 19.9 Å². The number of aromatic nitrogens is 1. The largest absolute Gasteiger partial charge is 0.493 e. The molecule has 0 aliphatic rings. The van der Waals surface area contributed by atoms with Gasteiger partial charge in [-0.05, 0) is 13.0 Å². The number of methoxy groups -OCH3 is 2. The van der Waals surface area contributed by atoms with Crippen LogP contribution in [0.1, 0.15) is 19.0 Å².